The van der Waals surface area contributed by atoms with Crippen molar-refractivity contribution in [2.24, 2.45) is 0 Å². The molecule has 1 aliphatic carbocycles. The minimum Gasteiger partial charge on any atom is -0.334 e. The molecule has 8 aromatic rings. The van der Waals surface area contributed by atoms with Gasteiger partial charge in [0.15, 0.2) is 0 Å². The van der Waals surface area contributed by atoms with Crippen LogP contribution in [0.3, 0.4) is 0 Å². The van der Waals surface area contributed by atoms with Crippen LogP contribution in [0, 0.1) is 0 Å². The third-order valence-electron chi connectivity index (χ3n) is 12.1. The van der Waals surface area contributed by atoms with Crippen molar-refractivity contribution in [1.82, 2.24) is 0 Å². The Morgan fingerprint density at radius 3 is 1.14 bits per heavy atom. The van der Waals surface area contributed by atoms with Gasteiger partial charge in [0.2, 0.25) is 0 Å². The van der Waals surface area contributed by atoms with Gasteiger partial charge in [0.25, 0.3) is 0 Å². The molecule has 69 heavy (non-hydrogen) atoms. The van der Waals surface area contributed by atoms with E-state index in [0.717, 1.165) is 42.0 Å². The van der Waals surface area contributed by atoms with Crippen LogP contribution in [0.5, 0.6) is 0 Å². The van der Waals surface area contributed by atoms with E-state index in [4.69, 9.17) is 0 Å². The molecule has 1 unspecified atom stereocenters. The van der Waals surface area contributed by atoms with Gasteiger partial charge in [-0.15, -0.1) is 0 Å². The molecule has 1 atom stereocenters. The second-order valence-corrected chi connectivity index (χ2v) is 16.1. The van der Waals surface area contributed by atoms with E-state index in [0.29, 0.717) is 0 Å². The first-order chi connectivity index (χ1) is 34.1. The molecule has 0 aromatic heterocycles. The molecule has 2 heteroatoms. The van der Waals surface area contributed by atoms with Crippen molar-refractivity contribution in [3.63, 3.8) is 0 Å². The van der Waals surface area contributed by atoms with Gasteiger partial charge in [0.1, 0.15) is 0 Å². The number of anilines is 4. The van der Waals surface area contributed by atoms with Gasteiger partial charge in [-0.1, -0.05) is 242 Å². The third-order valence-corrected chi connectivity index (χ3v) is 12.1. The molecule has 8 aromatic carbocycles. The van der Waals surface area contributed by atoms with Crippen LogP contribution in [0.4, 0.5) is 22.7 Å². The number of nitrogens with zero attached hydrogens (tertiary/aromatic N) is 2. The molecule has 2 nitrogen and oxygen atoms in total. The van der Waals surface area contributed by atoms with E-state index in [1.807, 2.05) is 41.5 Å². The maximum atomic E-state index is 4.68. The van der Waals surface area contributed by atoms with Crippen LogP contribution in [-0.4, -0.2) is 6.04 Å². The highest BCUT2D eigenvalue weighted by Gasteiger charge is 2.22. The lowest BCUT2D eigenvalue weighted by Gasteiger charge is -2.33. The SMILES string of the molecule is C=C(CC/C(=C\C)c1ccccc1)N(c1ccc(-c2ccccc2)cc1)c1ccc(-c2ccc(N(c3ccc(-c4ccccc4)cc3)C3C=CC(c4ccccc4)=CC3)cc2)cc1.CC.CC.CC. The molecule has 0 amide bonds. The van der Waals surface area contributed by atoms with E-state index in [-0.39, 0.29) is 6.04 Å². The summed E-state index contributed by atoms with van der Waals surface area (Å²) in [5.74, 6) is 0. The van der Waals surface area contributed by atoms with Crippen LogP contribution in [0.15, 0.2) is 255 Å². The fraction of sp³-hybridized carbons (Fsp3) is 0.164. The molecule has 9 rings (SSSR count). The minimum absolute atomic E-state index is 0.169. The zero-order chi connectivity index (χ0) is 48.8. The van der Waals surface area contributed by atoms with E-state index >= 15 is 0 Å². The fourth-order valence-electron chi connectivity index (χ4n) is 8.69. The lowest BCUT2D eigenvalue weighted by Crippen LogP contribution is -2.30. The quantitative estimate of drug-likeness (QED) is 0.107. The molecule has 0 heterocycles. The van der Waals surface area contributed by atoms with Crippen LogP contribution in [0.1, 0.15) is 78.9 Å². The van der Waals surface area contributed by atoms with Gasteiger partial charge in [0.05, 0.1) is 6.04 Å². The number of rotatable bonds is 14. The normalized spacial score (nSPS) is 12.7. The summed E-state index contributed by atoms with van der Waals surface area (Å²) in [6, 6.07) is 78.5. The summed E-state index contributed by atoms with van der Waals surface area (Å²) in [7, 11) is 0. The Hall–Kier alpha value is -7.68. The summed E-state index contributed by atoms with van der Waals surface area (Å²) < 4.78 is 0. The zero-order valence-corrected chi connectivity index (χ0v) is 41.9. The number of benzene rings is 8. The van der Waals surface area contributed by atoms with Crippen molar-refractivity contribution in [2.45, 2.75) is 73.8 Å². The Labute approximate surface area is 415 Å². The molecule has 0 bridgehead atoms. The van der Waals surface area contributed by atoms with Gasteiger partial charge < -0.3 is 9.80 Å². The molecule has 0 aliphatic heterocycles. The van der Waals surface area contributed by atoms with Crippen LogP contribution in [0.2, 0.25) is 0 Å². The Bertz CT molecular complexity index is 2820. The summed E-state index contributed by atoms with van der Waals surface area (Å²) in [5, 5.41) is 0. The largest absolute Gasteiger partial charge is 0.334 e. The predicted molar refractivity (Wildman–Crippen MR) is 304 cm³/mol. The van der Waals surface area contributed by atoms with Crippen LogP contribution in [0.25, 0.3) is 44.5 Å². The summed E-state index contributed by atoms with van der Waals surface area (Å²) >= 11 is 0. The number of hydrogen-bond acceptors (Lipinski definition) is 2. The fourth-order valence-corrected chi connectivity index (χ4v) is 8.69. The molecule has 0 saturated heterocycles. The van der Waals surface area contributed by atoms with Gasteiger partial charge in [-0.25, -0.2) is 0 Å². The highest BCUT2D eigenvalue weighted by Crippen LogP contribution is 2.38. The maximum Gasteiger partial charge on any atom is 0.0560 e. The van der Waals surface area contributed by atoms with Crippen molar-refractivity contribution in [2.75, 3.05) is 9.80 Å². The van der Waals surface area contributed by atoms with Crippen LogP contribution in [-0.2, 0) is 0 Å². The second-order valence-electron chi connectivity index (χ2n) is 16.1. The van der Waals surface area contributed by atoms with Crippen molar-refractivity contribution in [3.05, 3.63) is 266 Å². The van der Waals surface area contributed by atoms with Gasteiger partial charge >= 0.3 is 0 Å². The molecular formula is C67H70N2. The summed E-state index contributed by atoms with van der Waals surface area (Å²) in [6.07, 6.45) is 11.9. The van der Waals surface area contributed by atoms with Crippen molar-refractivity contribution in [3.8, 4) is 33.4 Å². The van der Waals surface area contributed by atoms with Gasteiger partial charge in [-0.2, -0.15) is 0 Å². The number of hydrogen-bond donors (Lipinski definition) is 0. The molecule has 0 fully saturated rings. The van der Waals surface area contributed by atoms with Crippen molar-refractivity contribution >= 4 is 33.9 Å². The zero-order valence-electron chi connectivity index (χ0n) is 41.9. The van der Waals surface area contributed by atoms with Crippen molar-refractivity contribution in [1.29, 1.82) is 0 Å². The smallest absolute Gasteiger partial charge is 0.0560 e. The second kappa shape index (κ2) is 26.6. The molecular weight excluding hydrogens is 833 g/mol. The Morgan fingerprint density at radius 2 is 0.783 bits per heavy atom. The summed E-state index contributed by atoms with van der Waals surface area (Å²) in [5.41, 5.74) is 17.8. The number of allylic oxidation sites excluding steroid dienone is 5. The lowest BCUT2D eigenvalue weighted by atomic mass is 9.95. The average Bonchev–Trinajstić information content (AvgIpc) is 3.45. The van der Waals surface area contributed by atoms with Crippen molar-refractivity contribution < 1.29 is 0 Å². The maximum absolute atomic E-state index is 4.68. The first-order valence-electron chi connectivity index (χ1n) is 25.0. The van der Waals surface area contributed by atoms with Gasteiger partial charge in [-0.3, -0.25) is 0 Å². The van der Waals surface area contributed by atoms with Gasteiger partial charge in [-0.05, 0) is 130 Å². The molecule has 0 saturated carbocycles. The van der Waals surface area contributed by atoms with E-state index < -0.39 is 0 Å². The van der Waals surface area contributed by atoms with E-state index in [2.05, 4.69) is 266 Å². The summed E-state index contributed by atoms with van der Waals surface area (Å²) in [6.45, 7) is 18.8. The highest BCUT2D eigenvalue weighted by molar-refractivity contribution is 5.79. The van der Waals surface area contributed by atoms with Crippen LogP contribution >= 0.6 is 0 Å². The lowest BCUT2D eigenvalue weighted by molar-refractivity contribution is 0.787. The van der Waals surface area contributed by atoms with Gasteiger partial charge in [0, 0.05) is 28.4 Å². The Morgan fingerprint density at radius 1 is 0.435 bits per heavy atom. The minimum atomic E-state index is 0.169. The van der Waals surface area contributed by atoms with E-state index in [1.54, 1.807) is 0 Å². The first-order valence-corrected chi connectivity index (χ1v) is 25.0. The Balaban J connectivity index is 0.00000126. The molecule has 1 aliphatic rings. The Kier molecular flexibility index (Phi) is 19.6. The molecule has 0 N–H and O–H groups in total. The first kappa shape index (κ1) is 50.7. The standard InChI is InChI=1S/C61H52N2.3C2H6/c1-3-47(48-16-8-4-9-17-48)25-24-46(2)62(57-36-26-52(27-37-57)49-18-10-5-11-19-49)58-38-28-55(29-39-58)56-34-44-61(45-35-56)63(59-40-30-53(31-41-59)50-20-12-6-13-21-50)60-42-32-54(33-43-60)51-22-14-7-15-23-51;3*1-2/h3-23,26-42,44-45,60H,2,24-25,43H2,1H3;3*1-2H3/b47-3+;;;. The van der Waals surface area contributed by atoms with Crippen LogP contribution < -0.4 is 9.80 Å². The molecule has 0 spiro atoms. The molecule has 348 valence electrons. The highest BCUT2D eigenvalue weighted by atomic mass is 15.2. The van der Waals surface area contributed by atoms with E-state index in [1.165, 1.54) is 61.3 Å². The predicted octanol–water partition coefficient (Wildman–Crippen LogP) is 19.9. The van der Waals surface area contributed by atoms with E-state index in [9.17, 15) is 0 Å². The summed E-state index contributed by atoms with van der Waals surface area (Å²) in [4.78, 5) is 4.79. The monoisotopic (exact) mass is 903 g/mol. The molecule has 0 radical (unpaired) electrons. The third kappa shape index (κ3) is 13.1. The topological polar surface area (TPSA) is 6.48 Å². The average molecular weight is 903 g/mol.